The lowest BCUT2D eigenvalue weighted by Gasteiger charge is -2.05. The van der Waals surface area contributed by atoms with Crippen molar-refractivity contribution in [3.8, 4) is 10.4 Å². The fraction of sp³-hybridized carbons (Fsp3) is 0.0625. The first kappa shape index (κ1) is 16.0. The Morgan fingerprint density at radius 3 is 2.22 bits per heavy atom. The molecule has 3 aromatic rings. The molecule has 0 aliphatic heterocycles. The Morgan fingerprint density at radius 1 is 0.957 bits per heavy atom. The SMILES string of the molecule is FC(F)(F)c1nc(Nc2ccc(Br)cc2)sc1-c1ccccc1. The van der Waals surface area contributed by atoms with Crippen LogP contribution in [0, 0.1) is 0 Å². The van der Waals surface area contributed by atoms with Crippen molar-refractivity contribution in [2.45, 2.75) is 6.18 Å². The van der Waals surface area contributed by atoms with Crippen LogP contribution in [0.3, 0.4) is 0 Å². The quantitative estimate of drug-likeness (QED) is 0.556. The second kappa shape index (κ2) is 6.33. The Balaban J connectivity index is 2.00. The van der Waals surface area contributed by atoms with Crippen LogP contribution in [0.2, 0.25) is 0 Å². The van der Waals surface area contributed by atoms with Crippen molar-refractivity contribution in [3.05, 3.63) is 64.8 Å². The van der Waals surface area contributed by atoms with Crippen molar-refractivity contribution >= 4 is 38.1 Å². The number of halogens is 4. The van der Waals surface area contributed by atoms with Crippen LogP contribution >= 0.6 is 27.3 Å². The lowest BCUT2D eigenvalue weighted by Crippen LogP contribution is -2.07. The maximum absolute atomic E-state index is 13.2. The van der Waals surface area contributed by atoms with Gasteiger partial charge in [0, 0.05) is 10.2 Å². The highest BCUT2D eigenvalue weighted by Gasteiger charge is 2.38. The molecule has 0 radical (unpaired) electrons. The number of anilines is 2. The van der Waals surface area contributed by atoms with Crippen molar-refractivity contribution in [2.75, 3.05) is 5.32 Å². The van der Waals surface area contributed by atoms with Gasteiger partial charge in [0.2, 0.25) is 0 Å². The molecule has 0 atom stereocenters. The molecule has 0 aliphatic carbocycles. The van der Waals surface area contributed by atoms with Gasteiger partial charge in [-0.05, 0) is 29.8 Å². The summed E-state index contributed by atoms with van der Waals surface area (Å²) in [5, 5.41) is 3.13. The predicted molar refractivity (Wildman–Crippen MR) is 90.0 cm³/mol. The summed E-state index contributed by atoms with van der Waals surface area (Å²) in [4.78, 5) is 3.86. The van der Waals surface area contributed by atoms with Crippen LogP contribution in [0.5, 0.6) is 0 Å². The highest BCUT2D eigenvalue weighted by Crippen LogP contribution is 2.42. The van der Waals surface area contributed by atoms with Gasteiger partial charge in [-0.25, -0.2) is 4.98 Å². The highest BCUT2D eigenvalue weighted by molar-refractivity contribution is 9.10. The highest BCUT2D eigenvalue weighted by atomic mass is 79.9. The van der Waals surface area contributed by atoms with E-state index in [2.05, 4.69) is 26.2 Å². The molecule has 7 heteroatoms. The van der Waals surface area contributed by atoms with Gasteiger partial charge in [-0.3, -0.25) is 0 Å². The summed E-state index contributed by atoms with van der Waals surface area (Å²) in [5.41, 5.74) is 0.310. The molecule has 0 amide bonds. The molecular formula is C16H10BrF3N2S. The van der Waals surface area contributed by atoms with Crippen LogP contribution < -0.4 is 5.32 Å². The van der Waals surface area contributed by atoms with Gasteiger partial charge in [0.05, 0.1) is 4.88 Å². The molecule has 3 rings (SSSR count). The van der Waals surface area contributed by atoms with E-state index in [-0.39, 0.29) is 10.0 Å². The van der Waals surface area contributed by atoms with Crippen LogP contribution in [-0.4, -0.2) is 4.98 Å². The third-order valence-electron chi connectivity index (χ3n) is 3.03. The van der Waals surface area contributed by atoms with Crippen molar-refractivity contribution in [1.29, 1.82) is 0 Å². The van der Waals surface area contributed by atoms with Crippen LogP contribution in [0.25, 0.3) is 10.4 Å². The van der Waals surface area contributed by atoms with Crippen molar-refractivity contribution < 1.29 is 13.2 Å². The minimum absolute atomic E-state index is 0.109. The van der Waals surface area contributed by atoms with Crippen molar-refractivity contribution in [3.63, 3.8) is 0 Å². The number of aromatic nitrogens is 1. The predicted octanol–water partition coefficient (Wildman–Crippen LogP) is 6.34. The Bertz CT molecular complexity index is 798. The maximum Gasteiger partial charge on any atom is 0.434 e. The monoisotopic (exact) mass is 398 g/mol. The summed E-state index contributed by atoms with van der Waals surface area (Å²) in [7, 11) is 0. The fourth-order valence-electron chi connectivity index (χ4n) is 2.01. The Hall–Kier alpha value is -1.86. The molecule has 0 unspecified atom stereocenters. The summed E-state index contributed by atoms with van der Waals surface area (Å²) in [6.45, 7) is 0. The van der Waals surface area contributed by atoms with Gasteiger partial charge >= 0.3 is 6.18 Å². The molecule has 1 aromatic heterocycles. The van der Waals surface area contributed by atoms with Gasteiger partial charge < -0.3 is 5.32 Å². The van der Waals surface area contributed by atoms with Gasteiger partial charge in [0.1, 0.15) is 0 Å². The number of hydrogen-bond acceptors (Lipinski definition) is 3. The minimum atomic E-state index is -4.50. The third kappa shape index (κ3) is 3.73. The first-order valence-electron chi connectivity index (χ1n) is 6.59. The second-order valence-corrected chi connectivity index (χ2v) is 6.61. The summed E-state index contributed by atoms with van der Waals surface area (Å²) in [5.74, 6) is 0. The lowest BCUT2D eigenvalue weighted by atomic mass is 10.1. The number of alkyl halides is 3. The molecule has 2 nitrogen and oxygen atoms in total. The second-order valence-electron chi connectivity index (χ2n) is 4.69. The van der Waals surface area contributed by atoms with Gasteiger partial charge in [0.15, 0.2) is 10.8 Å². The first-order chi connectivity index (χ1) is 10.9. The van der Waals surface area contributed by atoms with E-state index in [1.807, 2.05) is 0 Å². The van der Waals surface area contributed by atoms with E-state index in [1.165, 1.54) is 0 Å². The summed E-state index contributed by atoms with van der Waals surface area (Å²) < 4.78 is 40.6. The Morgan fingerprint density at radius 2 is 1.61 bits per heavy atom. The van der Waals surface area contributed by atoms with Gasteiger partial charge in [-0.2, -0.15) is 13.2 Å². The summed E-state index contributed by atoms with van der Waals surface area (Å²) in [6.07, 6.45) is -4.50. The normalized spacial score (nSPS) is 11.5. The summed E-state index contributed by atoms with van der Waals surface area (Å²) >= 11 is 4.30. The zero-order chi connectivity index (χ0) is 16.4. The van der Waals surface area contributed by atoms with Crippen molar-refractivity contribution in [1.82, 2.24) is 4.98 Å². The molecule has 23 heavy (non-hydrogen) atoms. The van der Waals surface area contributed by atoms with Gasteiger partial charge in [0.25, 0.3) is 0 Å². The zero-order valence-corrected chi connectivity index (χ0v) is 14.0. The fourth-order valence-corrected chi connectivity index (χ4v) is 3.28. The first-order valence-corrected chi connectivity index (χ1v) is 8.20. The van der Waals surface area contributed by atoms with E-state index in [9.17, 15) is 13.2 Å². The molecule has 0 saturated carbocycles. The molecule has 0 spiro atoms. The standard InChI is InChI=1S/C16H10BrF3N2S/c17-11-6-8-12(9-7-11)21-15-22-14(16(18,19)20)13(23-15)10-4-2-1-3-5-10/h1-9H,(H,21,22). The number of benzene rings is 2. The van der Waals surface area contributed by atoms with Crippen molar-refractivity contribution in [2.24, 2.45) is 0 Å². The van der Waals surface area contributed by atoms with E-state index < -0.39 is 11.9 Å². The van der Waals surface area contributed by atoms with Crippen LogP contribution in [0.15, 0.2) is 59.1 Å². The molecule has 0 saturated heterocycles. The average Bonchev–Trinajstić information content (AvgIpc) is 2.95. The molecule has 2 aromatic carbocycles. The average molecular weight is 399 g/mol. The van der Waals surface area contributed by atoms with Crippen LogP contribution in [-0.2, 0) is 6.18 Å². The van der Waals surface area contributed by atoms with Crippen LogP contribution in [0.1, 0.15) is 5.69 Å². The molecule has 0 bridgehead atoms. The van der Waals surface area contributed by atoms with E-state index in [0.717, 1.165) is 15.8 Å². The molecular weight excluding hydrogens is 389 g/mol. The molecule has 1 N–H and O–H groups in total. The van der Waals surface area contributed by atoms with E-state index >= 15 is 0 Å². The third-order valence-corrected chi connectivity index (χ3v) is 4.58. The van der Waals surface area contributed by atoms with E-state index in [4.69, 9.17) is 0 Å². The molecule has 0 aliphatic rings. The zero-order valence-electron chi connectivity index (χ0n) is 11.6. The van der Waals surface area contributed by atoms with E-state index in [1.54, 1.807) is 54.6 Å². The molecule has 0 fully saturated rings. The molecule has 1 heterocycles. The number of nitrogens with zero attached hydrogens (tertiary/aromatic N) is 1. The number of thiazole rings is 1. The van der Waals surface area contributed by atoms with Gasteiger partial charge in [-0.1, -0.05) is 57.6 Å². The van der Waals surface area contributed by atoms with Crippen LogP contribution in [0.4, 0.5) is 24.0 Å². The minimum Gasteiger partial charge on any atom is -0.332 e. The van der Waals surface area contributed by atoms with Gasteiger partial charge in [-0.15, -0.1) is 0 Å². The largest absolute Gasteiger partial charge is 0.434 e. The number of nitrogens with one attached hydrogen (secondary N) is 1. The Kier molecular flexibility index (Phi) is 4.41. The topological polar surface area (TPSA) is 24.9 Å². The number of rotatable bonds is 3. The summed E-state index contributed by atoms with van der Waals surface area (Å²) in [6, 6.07) is 15.6. The Labute approximate surface area is 143 Å². The molecule has 118 valence electrons. The van der Waals surface area contributed by atoms with E-state index in [0.29, 0.717) is 11.3 Å². The smallest absolute Gasteiger partial charge is 0.332 e. The number of hydrogen-bond donors (Lipinski definition) is 1. The maximum atomic E-state index is 13.2. The lowest BCUT2D eigenvalue weighted by molar-refractivity contribution is -0.140.